The van der Waals surface area contributed by atoms with Crippen LogP contribution in [0.3, 0.4) is 0 Å². The zero-order valence-corrected chi connectivity index (χ0v) is 17.8. The van der Waals surface area contributed by atoms with Crippen molar-refractivity contribution in [2.75, 3.05) is 18.0 Å². The molecule has 4 heterocycles. The summed E-state index contributed by atoms with van der Waals surface area (Å²) in [5.74, 6) is 0.783. The molecule has 1 N–H and O–H groups in total. The number of aryl methyl sites for hydroxylation is 2. The van der Waals surface area contributed by atoms with Gasteiger partial charge in [0.05, 0.1) is 18.1 Å². The van der Waals surface area contributed by atoms with E-state index in [1.54, 1.807) is 31.1 Å². The minimum atomic E-state index is -0.101. The highest BCUT2D eigenvalue weighted by Crippen LogP contribution is 2.18. The number of fused-ring (bicyclic) bond motifs is 1. The second kappa shape index (κ2) is 9.13. The number of nitrogens with one attached hydrogen (secondary N) is 1. The fourth-order valence-electron chi connectivity index (χ4n) is 4.11. The van der Waals surface area contributed by atoms with Crippen molar-refractivity contribution in [3.8, 4) is 0 Å². The third-order valence-electron chi connectivity index (χ3n) is 5.91. The Hall–Kier alpha value is -3.81. The summed E-state index contributed by atoms with van der Waals surface area (Å²) in [4.78, 5) is 32.5. The Bertz CT molecular complexity index is 1180. The summed E-state index contributed by atoms with van der Waals surface area (Å²) < 4.78 is 2.03. The molecule has 0 unspecified atom stereocenters. The third kappa shape index (κ3) is 4.44. The molecule has 0 saturated carbocycles. The van der Waals surface area contributed by atoms with E-state index in [0.717, 1.165) is 55.9 Å². The fourth-order valence-corrected chi connectivity index (χ4v) is 4.11. The van der Waals surface area contributed by atoms with Crippen LogP contribution in [0.25, 0.3) is 11.2 Å². The molecule has 1 aliphatic rings. The Balaban J connectivity index is 1.19. The highest BCUT2D eigenvalue weighted by Gasteiger charge is 2.22. The van der Waals surface area contributed by atoms with Crippen molar-refractivity contribution in [3.63, 3.8) is 0 Å². The molecule has 0 aliphatic carbocycles. The van der Waals surface area contributed by atoms with E-state index in [1.807, 2.05) is 28.8 Å². The Kier molecular flexibility index (Phi) is 5.74. The lowest BCUT2D eigenvalue weighted by Gasteiger charge is -2.32. The lowest BCUT2D eigenvalue weighted by molar-refractivity contribution is 0.0931. The van der Waals surface area contributed by atoms with Gasteiger partial charge in [0.25, 0.3) is 5.91 Å². The monoisotopic (exact) mass is 427 g/mol. The van der Waals surface area contributed by atoms with Crippen LogP contribution in [0.1, 0.15) is 28.8 Å². The predicted molar refractivity (Wildman–Crippen MR) is 122 cm³/mol. The topological polar surface area (TPSA) is 88.8 Å². The molecule has 0 atom stereocenters. The maximum Gasteiger partial charge on any atom is 0.253 e. The summed E-state index contributed by atoms with van der Waals surface area (Å²) in [5.41, 5.74) is 3.36. The van der Waals surface area contributed by atoms with E-state index in [0.29, 0.717) is 5.56 Å². The van der Waals surface area contributed by atoms with Crippen LogP contribution in [-0.4, -0.2) is 49.5 Å². The number of amides is 1. The average molecular weight is 428 g/mol. The molecule has 32 heavy (non-hydrogen) atoms. The van der Waals surface area contributed by atoms with Gasteiger partial charge in [0.15, 0.2) is 5.65 Å². The van der Waals surface area contributed by atoms with Gasteiger partial charge in [-0.15, -0.1) is 0 Å². The van der Waals surface area contributed by atoms with E-state index in [-0.39, 0.29) is 11.9 Å². The molecule has 8 heteroatoms. The number of imidazole rings is 1. The van der Waals surface area contributed by atoms with Gasteiger partial charge in [0, 0.05) is 44.3 Å². The second-order valence-corrected chi connectivity index (χ2v) is 8.04. The van der Waals surface area contributed by atoms with E-state index >= 15 is 0 Å². The maximum atomic E-state index is 12.8. The summed E-state index contributed by atoms with van der Waals surface area (Å²) in [7, 11) is 0. The van der Waals surface area contributed by atoms with E-state index in [4.69, 9.17) is 0 Å². The zero-order valence-electron chi connectivity index (χ0n) is 17.8. The van der Waals surface area contributed by atoms with Gasteiger partial charge < -0.3 is 14.8 Å². The van der Waals surface area contributed by atoms with E-state index < -0.39 is 0 Å². The van der Waals surface area contributed by atoms with Crippen LogP contribution < -0.4 is 10.2 Å². The van der Waals surface area contributed by atoms with Crippen molar-refractivity contribution in [2.24, 2.45) is 0 Å². The molecule has 1 fully saturated rings. The van der Waals surface area contributed by atoms with Crippen LogP contribution in [0.15, 0.2) is 67.5 Å². The molecule has 5 rings (SSSR count). The molecule has 1 aliphatic heterocycles. The van der Waals surface area contributed by atoms with E-state index in [9.17, 15) is 4.79 Å². The summed E-state index contributed by atoms with van der Waals surface area (Å²) in [6.45, 7) is 2.48. The first kappa shape index (κ1) is 20.1. The van der Waals surface area contributed by atoms with Gasteiger partial charge in [0.1, 0.15) is 11.3 Å². The SMILES string of the molecule is O=C(NC1CCN(c2cnccn2)CC1)c1cnc2c(c1)ncn2CCc1ccccc1. The van der Waals surface area contributed by atoms with Gasteiger partial charge in [-0.1, -0.05) is 30.3 Å². The van der Waals surface area contributed by atoms with Gasteiger partial charge >= 0.3 is 0 Å². The third-order valence-corrected chi connectivity index (χ3v) is 5.91. The molecule has 0 spiro atoms. The number of benzene rings is 1. The Morgan fingerprint density at radius 3 is 2.66 bits per heavy atom. The summed E-state index contributed by atoms with van der Waals surface area (Å²) >= 11 is 0. The first-order valence-electron chi connectivity index (χ1n) is 10.9. The Labute approximate surface area is 186 Å². The molecule has 1 aromatic carbocycles. The average Bonchev–Trinajstić information content (AvgIpc) is 3.26. The van der Waals surface area contributed by atoms with Crippen LogP contribution >= 0.6 is 0 Å². The molecule has 3 aromatic heterocycles. The van der Waals surface area contributed by atoms with Crippen LogP contribution in [0.4, 0.5) is 5.82 Å². The lowest BCUT2D eigenvalue weighted by atomic mass is 10.0. The minimum Gasteiger partial charge on any atom is -0.355 e. The normalized spacial score (nSPS) is 14.6. The molecular formula is C24H25N7O. The highest BCUT2D eigenvalue weighted by molar-refractivity contribution is 5.96. The van der Waals surface area contributed by atoms with Crippen LogP contribution in [-0.2, 0) is 13.0 Å². The van der Waals surface area contributed by atoms with Gasteiger partial charge in [-0.3, -0.25) is 9.78 Å². The number of aromatic nitrogens is 5. The highest BCUT2D eigenvalue weighted by atomic mass is 16.1. The minimum absolute atomic E-state index is 0.101. The number of anilines is 1. The van der Waals surface area contributed by atoms with Crippen LogP contribution in [0, 0.1) is 0 Å². The quantitative estimate of drug-likeness (QED) is 0.509. The molecule has 1 saturated heterocycles. The molecule has 1 amide bonds. The first-order chi connectivity index (χ1) is 15.8. The second-order valence-electron chi connectivity index (χ2n) is 8.04. The molecule has 0 radical (unpaired) electrons. The maximum absolute atomic E-state index is 12.8. The molecule has 0 bridgehead atoms. The predicted octanol–water partition coefficient (Wildman–Crippen LogP) is 2.86. The fraction of sp³-hybridized carbons (Fsp3) is 0.292. The van der Waals surface area contributed by atoms with Crippen LogP contribution in [0.5, 0.6) is 0 Å². The summed E-state index contributed by atoms with van der Waals surface area (Å²) in [6.07, 6.45) is 11.2. The van der Waals surface area contributed by atoms with E-state index in [2.05, 4.69) is 42.3 Å². The number of carbonyl (C=O) groups excluding carboxylic acids is 1. The number of nitrogens with zero attached hydrogens (tertiary/aromatic N) is 6. The van der Waals surface area contributed by atoms with Gasteiger partial charge in [-0.05, 0) is 30.9 Å². The number of hydrogen-bond donors (Lipinski definition) is 1. The lowest BCUT2D eigenvalue weighted by Crippen LogP contribution is -2.45. The van der Waals surface area contributed by atoms with Crippen molar-refractivity contribution in [1.29, 1.82) is 0 Å². The van der Waals surface area contributed by atoms with Gasteiger partial charge in [0.2, 0.25) is 0 Å². The number of piperidine rings is 1. The van der Waals surface area contributed by atoms with Crippen molar-refractivity contribution in [2.45, 2.75) is 31.8 Å². The molecular weight excluding hydrogens is 402 g/mol. The standard InChI is InChI=1S/C24H25N7O/c32-24(29-20-7-12-30(13-8-20)22-16-25-9-10-26-22)19-14-21-23(27-15-19)31(17-28-21)11-6-18-4-2-1-3-5-18/h1-5,9-10,14-17,20H,6-8,11-13H2,(H,29,32). The molecule has 162 valence electrons. The summed E-state index contributed by atoms with van der Waals surface area (Å²) in [5, 5.41) is 3.15. The number of hydrogen-bond acceptors (Lipinski definition) is 6. The molecule has 8 nitrogen and oxygen atoms in total. The smallest absolute Gasteiger partial charge is 0.253 e. The van der Waals surface area contributed by atoms with Crippen molar-refractivity contribution in [1.82, 2.24) is 29.8 Å². The molecule has 4 aromatic rings. The summed E-state index contributed by atoms with van der Waals surface area (Å²) in [6, 6.07) is 12.3. The van der Waals surface area contributed by atoms with Crippen molar-refractivity contribution >= 4 is 22.9 Å². The zero-order chi connectivity index (χ0) is 21.8. The van der Waals surface area contributed by atoms with Crippen LogP contribution in [0.2, 0.25) is 0 Å². The Morgan fingerprint density at radius 1 is 1.03 bits per heavy atom. The van der Waals surface area contributed by atoms with Gasteiger partial charge in [-0.2, -0.15) is 0 Å². The largest absolute Gasteiger partial charge is 0.355 e. The number of pyridine rings is 1. The number of carbonyl (C=O) groups is 1. The van der Waals surface area contributed by atoms with Gasteiger partial charge in [-0.25, -0.2) is 15.0 Å². The Morgan fingerprint density at radius 2 is 1.88 bits per heavy atom. The van der Waals surface area contributed by atoms with Crippen molar-refractivity contribution in [3.05, 3.63) is 78.6 Å². The van der Waals surface area contributed by atoms with Crippen molar-refractivity contribution < 1.29 is 4.79 Å². The van der Waals surface area contributed by atoms with E-state index in [1.165, 1.54) is 5.56 Å². The number of rotatable bonds is 6. The first-order valence-corrected chi connectivity index (χ1v) is 10.9.